The van der Waals surface area contributed by atoms with Crippen molar-refractivity contribution in [2.45, 2.75) is 50.7 Å². The molecule has 0 bridgehead atoms. The highest BCUT2D eigenvalue weighted by Crippen LogP contribution is 2.14. The van der Waals surface area contributed by atoms with Crippen LogP contribution in [0.1, 0.15) is 41.0 Å². The zero-order valence-electron chi connectivity index (χ0n) is 16.8. The van der Waals surface area contributed by atoms with Crippen molar-refractivity contribution in [1.29, 1.82) is 0 Å². The molecule has 1 saturated heterocycles. The van der Waals surface area contributed by atoms with Crippen LogP contribution in [0.3, 0.4) is 0 Å². The second-order valence-corrected chi connectivity index (χ2v) is 9.04. The van der Waals surface area contributed by atoms with Crippen LogP contribution in [0.15, 0.2) is 35.2 Å². The molecule has 0 spiro atoms. The third-order valence-corrected chi connectivity index (χ3v) is 6.29. The van der Waals surface area contributed by atoms with Gasteiger partial charge in [0.25, 0.3) is 5.91 Å². The van der Waals surface area contributed by atoms with Gasteiger partial charge in [-0.05, 0) is 57.4 Å². The topological polar surface area (TPSA) is 102 Å². The van der Waals surface area contributed by atoms with Crippen LogP contribution >= 0.6 is 0 Å². The molecule has 1 amide bonds. The average molecular weight is 421 g/mol. The lowest BCUT2D eigenvalue weighted by Gasteiger charge is -2.12. The summed E-state index contributed by atoms with van der Waals surface area (Å²) in [4.78, 5) is 12.5. The van der Waals surface area contributed by atoms with E-state index in [0.29, 0.717) is 25.3 Å². The van der Waals surface area contributed by atoms with Crippen molar-refractivity contribution in [3.05, 3.63) is 47.3 Å². The number of nitrogens with zero attached hydrogens (tertiary/aromatic N) is 2. The predicted octanol–water partition coefficient (Wildman–Crippen LogP) is 1.78. The molecule has 1 atom stereocenters. The summed E-state index contributed by atoms with van der Waals surface area (Å²) in [5.41, 5.74) is 2.37. The number of carbonyl (C=O) groups is 1. The predicted molar refractivity (Wildman–Crippen MR) is 109 cm³/mol. The lowest BCUT2D eigenvalue weighted by Crippen LogP contribution is -2.32. The average Bonchev–Trinajstić information content (AvgIpc) is 3.33. The van der Waals surface area contributed by atoms with Gasteiger partial charge >= 0.3 is 0 Å². The number of aromatic nitrogens is 2. The van der Waals surface area contributed by atoms with E-state index in [1.165, 1.54) is 12.1 Å². The Morgan fingerprint density at radius 3 is 2.83 bits per heavy atom. The molecule has 9 heteroatoms. The van der Waals surface area contributed by atoms with Crippen LogP contribution in [0.4, 0.5) is 0 Å². The van der Waals surface area contributed by atoms with E-state index >= 15 is 0 Å². The van der Waals surface area contributed by atoms with Crippen LogP contribution in [0.2, 0.25) is 0 Å². The van der Waals surface area contributed by atoms with Crippen molar-refractivity contribution in [2.75, 3.05) is 19.7 Å². The van der Waals surface area contributed by atoms with E-state index in [1.54, 1.807) is 12.1 Å². The minimum absolute atomic E-state index is 0.0748. The van der Waals surface area contributed by atoms with E-state index in [0.717, 1.165) is 30.7 Å². The van der Waals surface area contributed by atoms with Crippen LogP contribution in [0, 0.1) is 13.8 Å². The smallest absolute Gasteiger partial charge is 0.251 e. The number of nitrogens with one attached hydrogen (secondary N) is 2. The quantitative estimate of drug-likeness (QED) is 0.602. The van der Waals surface area contributed by atoms with Gasteiger partial charge in [-0.25, -0.2) is 13.1 Å². The first-order chi connectivity index (χ1) is 13.8. The Labute approximate surface area is 171 Å². The van der Waals surface area contributed by atoms with Gasteiger partial charge in [-0.1, -0.05) is 6.07 Å². The summed E-state index contributed by atoms with van der Waals surface area (Å²) < 4.78 is 34.9. The maximum atomic E-state index is 12.5. The standard InChI is InChI=1S/C20H28N4O4S/c1-15-12-16(2)24(23-15)10-5-9-21-20(25)17-6-3-8-19(13-17)29(26,27)22-14-18-7-4-11-28-18/h3,6,8,12-13,18,22H,4-5,7,9-11,14H2,1-2H3,(H,21,25). The third kappa shape index (κ3) is 5.88. The number of carbonyl (C=O) groups excluding carboxylic acids is 1. The summed E-state index contributed by atoms with van der Waals surface area (Å²) in [7, 11) is -3.69. The van der Waals surface area contributed by atoms with Crippen molar-refractivity contribution < 1.29 is 17.9 Å². The summed E-state index contributed by atoms with van der Waals surface area (Å²) in [5.74, 6) is -0.297. The van der Waals surface area contributed by atoms with Gasteiger partial charge in [0.15, 0.2) is 0 Å². The van der Waals surface area contributed by atoms with Crippen molar-refractivity contribution in [1.82, 2.24) is 19.8 Å². The van der Waals surface area contributed by atoms with E-state index in [-0.39, 0.29) is 23.5 Å². The van der Waals surface area contributed by atoms with Gasteiger partial charge in [0.1, 0.15) is 0 Å². The molecule has 2 heterocycles. The van der Waals surface area contributed by atoms with E-state index in [9.17, 15) is 13.2 Å². The van der Waals surface area contributed by atoms with Gasteiger partial charge in [0.05, 0.1) is 16.7 Å². The number of sulfonamides is 1. The monoisotopic (exact) mass is 420 g/mol. The molecule has 1 fully saturated rings. The van der Waals surface area contributed by atoms with Crippen LogP contribution in [0.5, 0.6) is 0 Å². The molecule has 1 unspecified atom stereocenters. The highest BCUT2D eigenvalue weighted by molar-refractivity contribution is 7.89. The lowest BCUT2D eigenvalue weighted by molar-refractivity contribution is 0.0952. The molecule has 3 rings (SSSR count). The maximum Gasteiger partial charge on any atom is 0.251 e. The summed E-state index contributed by atoms with van der Waals surface area (Å²) in [6, 6.07) is 8.07. The molecular weight excluding hydrogens is 392 g/mol. The second-order valence-electron chi connectivity index (χ2n) is 7.27. The van der Waals surface area contributed by atoms with Crippen molar-refractivity contribution in [3.8, 4) is 0 Å². The van der Waals surface area contributed by atoms with Gasteiger partial charge < -0.3 is 10.1 Å². The summed E-state index contributed by atoms with van der Waals surface area (Å²) >= 11 is 0. The fraction of sp³-hybridized carbons (Fsp3) is 0.500. The zero-order chi connectivity index (χ0) is 20.9. The molecule has 8 nitrogen and oxygen atoms in total. The summed E-state index contributed by atoms with van der Waals surface area (Å²) in [6.07, 6.45) is 2.44. The first kappa shape index (κ1) is 21.5. The molecule has 29 heavy (non-hydrogen) atoms. The van der Waals surface area contributed by atoms with Crippen molar-refractivity contribution in [3.63, 3.8) is 0 Å². The summed E-state index contributed by atoms with van der Waals surface area (Å²) in [5, 5.41) is 7.23. The number of hydrogen-bond donors (Lipinski definition) is 2. The van der Waals surface area contributed by atoms with E-state index in [4.69, 9.17) is 4.74 Å². The molecule has 0 aliphatic carbocycles. The van der Waals surface area contributed by atoms with Crippen LogP contribution in [-0.4, -0.2) is 49.9 Å². The molecule has 1 aromatic heterocycles. The zero-order valence-corrected chi connectivity index (χ0v) is 17.7. The number of benzene rings is 1. The Kier molecular flexibility index (Phi) is 7.05. The van der Waals surface area contributed by atoms with Crippen molar-refractivity contribution in [2.24, 2.45) is 0 Å². The largest absolute Gasteiger partial charge is 0.377 e. The van der Waals surface area contributed by atoms with Crippen LogP contribution in [-0.2, 0) is 21.3 Å². The Morgan fingerprint density at radius 1 is 1.31 bits per heavy atom. The number of hydrogen-bond acceptors (Lipinski definition) is 5. The second kappa shape index (κ2) is 9.51. The molecule has 2 aromatic rings. The number of amides is 1. The van der Waals surface area contributed by atoms with Gasteiger partial charge in [-0.2, -0.15) is 5.10 Å². The maximum absolute atomic E-state index is 12.5. The van der Waals surface area contributed by atoms with Gasteiger partial charge in [0, 0.05) is 37.5 Å². The van der Waals surface area contributed by atoms with Crippen LogP contribution in [0.25, 0.3) is 0 Å². The Bertz CT molecular complexity index is 949. The molecule has 1 aliphatic heterocycles. The SMILES string of the molecule is Cc1cc(C)n(CCCNC(=O)c2cccc(S(=O)(=O)NCC3CCCO3)c2)n1. The van der Waals surface area contributed by atoms with Crippen LogP contribution < -0.4 is 10.0 Å². The summed E-state index contributed by atoms with van der Waals surface area (Å²) in [6.45, 7) is 6.04. The molecule has 158 valence electrons. The number of aryl methyl sites for hydroxylation is 3. The highest BCUT2D eigenvalue weighted by atomic mass is 32.2. The molecule has 1 aromatic carbocycles. The van der Waals surface area contributed by atoms with E-state index in [2.05, 4.69) is 15.1 Å². The van der Waals surface area contributed by atoms with Gasteiger partial charge in [-0.15, -0.1) is 0 Å². The molecular formula is C20H28N4O4S. The first-order valence-electron chi connectivity index (χ1n) is 9.86. The van der Waals surface area contributed by atoms with Gasteiger partial charge in [0.2, 0.25) is 10.0 Å². The molecule has 2 N–H and O–H groups in total. The Morgan fingerprint density at radius 2 is 2.14 bits per heavy atom. The highest BCUT2D eigenvalue weighted by Gasteiger charge is 2.21. The van der Waals surface area contributed by atoms with Gasteiger partial charge in [-0.3, -0.25) is 9.48 Å². The fourth-order valence-corrected chi connectivity index (χ4v) is 4.44. The normalized spacial score (nSPS) is 16.8. The van der Waals surface area contributed by atoms with E-state index < -0.39 is 10.0 Å². The number of rotatable bonds is 9. The van der Waals surface area contributed by atoms with Crippen molar-refractivity contribution >= 4 is 15.9 Å². The minimum atomic E-state index is -3.69. The third-order valence-electron chi connectivity index (χ3n) is 4.87. The Hall–Kier alpha value is -2.23. The molecule has 0 radical (unpaired) electrons. The lowest BCUT2D eigenvalue weighted by atomic mass is 10.2. The minimum Gasteiger partial charge on any atom is -0.377 e. The Balaban J connectivity index is 1.52. The fourth-order valence-electron chi connectivity index (χ4n) is 3.33. The number of ether oxygens (including phenoxy) is 1. The first-order valence-corrected chi connectivity index (χ1v) is 11.3. The van der Waals surface area contributed by atoms with E-state index in [1.807, 2.05) is 24.6 Å². The molecule has 1 aliphatic rings. The molecule has 0 saturated carbocycles.